The fourth-order valence-corrected chi connectivity index (χ4v) is 3.65. The molecule has 0 radical (unpaired) electrons. The summed E-state index contributed by atoms with van der Waals surface area (Å²) in [5.74, 6) is 0.354. The van der Waals surface area contributed by atoms with Crippen molar-refractivity contribution in [1.82, 2.24) is 34.2 Å². The number of aliphatic hydroxyl groups is 1. The molecule has 9 nitrogen and oxygen atoms in total. The molecule has 3 N–H and O–H groups in total. The maximum absolute atomic E-state index is 11.0. The lowest BCUT2D eigenvalue weighted by Gasteiger charge is -2.43. The summed E-state index contributed by atoms with van der Waals surface area (Å²) in [6.07, 6.45) is 5.71. The van der Waals surface area contributed by atoms with Gasteiger partial charge in [0.25, 0.3) is 0 Å². The molecule has 1 aliphatic heterocycles. The Labute approximate surface area is 151 Å². The molecule has 0 aliphatic carbocycles. The van der Waals surface area contributed by atoms with E-state index >= 15 is 0 Å². The molecule has 1 fully saturated rings. The van der Waals surface area contributed by atoms with Gasteiger partial charge in [-0.15, -0.1) is 0 Å². The van der Waals surface area contributed by atoms with Gasteiger partial charge in [0.1, 0.15) is 11.8 Å². The van der Waals surface area contributed by atoms with Gasteiger partial charge >= 0.3 is 0 Å². The highest BCUT2D eigenvalue weighted by Gasteiger charge is 2.39. The van der Waals surface area contributed by atoms with Crippen molar-refractivity contribution in [2.75, 3.05) is 18.8 Å². The summed E-state index contributed by atoms with van der Waals surface area (Å²) in [6.45, 7) is 6.26. The summed E-state index contributed by atoms with van der Waals surface area (Å²) >= 11 is 0. The molecule has 0 amide bonds. The third-order valence-corrected chi connectivity index (χ3v) is 5.54. The van der Waals surface area contributed by atoms with Crippen molar-refractivity contribution in [1.29, 1.82) is 0 Å². The zero-order valence-corrected chi connectivity index (χ0v) is 15.3. The van der Waals surface area contributed by atoms with Crippen molar-refractivity contribution in [2.45, 2.75) is 38.5 Å². The van der Waals surface area contributed by atoms with E-state index in [1.165, 1.54) is 11.9 Å². The Balaban J connectivity index is 1.64. The number of fused-ring (bicyclic) bond motifs is 1. The van der Waals surface area contributed by atoms with Crippen LogP contribution in [0.5, 0.6) is 0 Å². The van der Waals surface area contributed by atoms with Crippen LogP contribution in [0.1, 0.15) is 30.6 Å². The molecule has 1 saturated heterocycles. The first-order valence-corrected chi connectivity index (χ1v) is 8.72. The predicted molar refractivity (Wildman–Crippen MR) is 97.2 cm³/mol. The maximum Gasteiger partial charge on any atom is 0.165 e. The molecule has 9 heteroatoms. The highest BCUT2D eigenvalue weighted by Crippen LogP contribution is 2.34. The van der Waals surface area contributed by atoms with Crippen LogP contribution >= 0.6 is 0 Å². The van der Waals surface area contributed by atoms with Crippen LogP contribution in [0.4, 0.5) is 5.82 Å². The molecule has 138 valence electrons. The third-order valence-electron chi connectivity index (χ3n) is 5.54. The van der Waals surface area contributed by atoms with E-state index in [9.17, 15) is 5.11 Å². The first kappa shape index (κ1) is 16.9. The number of piperidine rings is 1. The van der Waals surface area contributed by atoms with Gasteiger partial charge in [0.2, 0.25) is 0 Å². The number of rotatable bonds is 3. The van der Waals surface area contributed by atoms with Crippen molar-refractivity contribution in [2.24, 2.45) is 7.05 Å². The fraction of sp³-hybridized carbons (Fsp3) is 0.529. The van der Waals surface area contributed by atoms with E-state index < -0.39 is 5.60 Å². The molecule has 26 heavy (non-hydrogen) atoms. The van der Waals surface area contributed by atoms with Crippen LogP contribution < -0.4 is 5.73 Å². The van der Waals surface area contributed by atoms with Gasteiger partial charge in [-0.3, -0.25) is 9.58 Å². The van der Waals surface area contributed by atoms with E-state index in [4.69, 9.17) is 5.73 Å². The number of anilines is 1. The second kappa shape index (κ2) is 6.03. The van der Waals surface area contributed by atoms with E-state index in [0.29, 0.717) is 29.9 Å². The van der Waals surface area contributed by atoms with Crippen LogP contribution in [0, 0.1) is 6.92 Å². The molecule has 2 atom stereocenters. The van der Waals surface area contributed by atoms with Crippen LogP contribution in [0.3, 0.4) is 0 Å². The summed E-state index contributed by atoms with van der Waals surface area (Å²) in [5, 5.41) is 15.3. The molecule has 4 heterocycles. The monoisotopic (exact) mass is 356 g/mol. The molecule has 4 rings (SSSR count). The smallest absolute Gasteiger partial charge is 0.165 e. The van der Waals surface area contributed by atoms with Gasteiger partial charge in [-0.05, 0) is 20.3 Å². The fourth-order valence-electron chi connectivity index (χ4n) is 3.65. The Hall–Kier alpha value is -2.52. The number of hydrogen-bond acceptors (Lipinski definition) is 7. The zero-order chi connectivity index (χ0) is 18.5. The summed E-state index contributed by atoms with van der Waals surface area (Å²) in [4.78, 5) is 15.0. The van der Waals surface area contributed by atoms with Crippen molar-refractivity contribution in [3.05, 3.63) is 30.1 Å². The number of aromatic nitrogens is 6. The van der Waals surface area contributed by atoms with E-state index in [0.717, 1.165) is 18.8 Å². The van der Waals surface area contributed by atoms with Crippen molar-refractivity contribution < 1.29 is 5.11 Å². The van der Waals surface area contributed by atoms with Crippen LogP contribution in [0.25, 0.3) is 11.2 Å². The minimum atomic E-state index is -0.853. The van der Waals surface area contributed by atoms with Crippen LogP contribution in [0.15, 0.2) is 18.9 Å². The van der Waals surface area contributed by atoms with E-state index in [2.05, 4.69) is 31.9 Å². The van der Waals surface area contributed by atoms with E-state index in [1.54, 1.807) is 6.33 Å². The first-order chi connectivity index (χ1) is 12.4. The second-order valence-corrected chi connectivity index (χ2v) is 7.32. The van der Waals surface area contributed by atoms with Crippen molar-refractivity contribution in [3.8, 4) is 0 Å². The number of imidazole rings is 1. The Kier molecular flexibility index (Phi) is 3.92. The lowest BCUT2D eigenvalue weighted by atomic mass is 9.88. The minimum Gasteiger partial charge on any atom is -0.388 e. The van der Waals surface area contributed by atoms with Gasteiger partial charge in [0.05, 0.1) is 24.2 Å². The minimum absolute atomic E-state index is 0.174. The molecule has 0 aromatic carbocycles. The predicted octanol–water partition coefficient (Wildman–Crippen LogP) is 0.648. The van der Waals surface area contributed by atoms with Crippen molar-refractivity contribution in [3.63, 3.8) is 0 Å². The topological polar surface area (TPSA) is 111 Å². The average Bonchev–Trinajstić information content (AvgIpc) is 3.16. The van der Waals surface area contributed by atoms with Gasteiger partial charge in [0.15, 0.2) is 11.5 Å². The van der Waals surface area contributed by atoms with Gasteiger partial charge in [-0.1, -0.05) is 0 Å². The Morgan fingerprint density at radius 3 is 2.88 bits per heavy atom. The Bertz CT molecular complexity index is 944. The number of nitrogens with zero attached hydrogens (tertiary/aromatic N) is 7. The first-order valence-electron chi connectivity index (χ1n) is 8.72. The summed E-state index contributed by atoms with van der Waals surface area (Å²) in [7, 11) is 1.95. The highest BCUT2D eigenvalue weighted by molar-refractivity contribution is 5.81. The maximum atomic E-state index is 11.0. The van der Waals surface area contributed by atoms with E-state index in [1.807, 2.05) is 29.4 Å². The van der Waals surface area contributed by atoms with Gasteiger partial charge < -0.3 is 15.4 Å². The molecule has 1 aliphatic rings. The van der Waals surface area contributed by atoms with Gasteiger partial charge in [-0.25, -0.2) is 15.0 Å². The summed E-state index contributed by atoms with van der Waals surface area (Å²) in [5.41, 5.74) is 8.64. The molecule has 0 spiro atoms. The SMILES string of the molecule is Cc1c(CN2CC[C@@](C)(O)[C@H](n3cnc4c(N)ncnc43)C2)cnn1C. The second-order valence-electron chi connectivity index (χ2n) is 7.32. The van der Waals surface area contributed by atoms with Crippen LogP contribution in [0.2, 0.25) is 0 Å². The number of nitrogen functional groups attached to an aromatic ring is 1. The number of nitrogens with two attached hydrogens (primary N) is 1. The van der Waals surface area contributed by atoms with E-state index in [-0.39, 0.29) is 6.04 Å². The molecular weight excluding hydrogens is 332 g/mol. The Morgan fingerprint density at radius 2 is 2.15 bits per heavy atom. The third kappa shape index (κ3) is 2.73. The van der Waals surface area contributed by atoms with Gasteiger partial charge in [0, 0.05) is 37.9 Å². The molecule has 3 aromatic rings. The Morgan fingerprint density at radius 1 is 1.35 bits per heavy atom. The van der Waals surface area contributed by atoms with Crippen LogP contribution in [-0.4, -0.2) is 58.0 Å². The molecule has 0 bridgehead atoms. The molecule has 0 saturated carbocycles. The highest BCUT2D eigenvalue weighted by atomic mass is 16.3. The lowest BCUT2D eigenvalue weighted by Crippen LogP contribution is -2.50. The number of likely N-dealkylation sites (tertiary alicyclic amines) is 1. The summed E-state index contributed by atoms with van der Waals surface area (Å²) < 4.78 is 3.81. The molecule has 3 aromatic heterocycles. The quantitative estimate of drug-likeness (QED) is 0.709. The standard InChI is InChI=1S/C17H24N8O/c1-11-12(6-22-23(11)3)7-24-5-4-17(2,26)13(8-24)25-10-21-14-15(18)19-9-20-16(14)25/h6,9-10,13,26H,4-5,7-8H2,1-3H3,(H2,18,19,20)/t13-,17-/m1/s1. The largest absolute Gasteiger partial charge is 0.388 e. The molecular formula is C17H24N8O. The zero-order valence-electron chi connectivity index (χ0n) is 15.3. The molecule has 0 unspecified atom stereocenters. The van der Waals surface area contributed by atoms with Crippen LogP contribution in [-0.2, 0) is 13.6 Å². The average molecular weight is 356 g/mol. The van der Waals surface area contributed by atoms with Crippen molar-refractivity contribution >= 4 is 17.0 Å². The number of hydrogen-bond donors (Lipinski definition) is 2. The lowest BCUT2D eigenvalue weighted by molar-refractivity contribution is -0.0516. The summed E-state index contributed by atoms with van der Waals surface area (Å²) in [6, 6.07) is -0.174. The van der Waals surface area contributed by atoms with Gasteiger partial charge in [-0.2, -0.15) is 5.10 Å². The number of aryl methyl sites for hydroxylation is 1. The normalized spacial score (nSPS) is 24.4.